The highest BCUT2D eigenvalue weighted by molar-refractivity contribution is 5.96. The number of aliphatic hydroxyl groups is 1. The zero-order valence-electron chi connectivity index (χ0n) is 21.9. The number of amides is 2. The first-order chi connectivity index (χ1) is 18.9. The number of carbonyl (C=O) groups is 1. The summed E-state index contributed by atoms with van der Waals surface area (Å²) in [5.74, 6) is 0.171. The van der Waals surface area contributed by atoms with Gasteiger partial charge in [-0.2, -0.15) is 0 Å². The summed E-state index contributed by atoms with van der Waals surface area (Å²) in [4.78, 5) is 17.0. The van der Waals surface area contributed by atoms with Crippen molar-refractivity contribution in [2.45, 2.75) is 31.0 Å². The number of carbonyl (C=O) groups excluding carboxylic acids is 1. The van der Waals surface area contributed by atoms with E-state index in [2.05, 4.69) is 0 Å². The molecule has 6 nitrogen and oxygen atoms in total. The SMILES string of the molecule is COc1ccc([C@@H]2[C@@H](CCC(O)c3ccc(F)cc3)N(C)C(=O)N2c2ccc(-c3ccccc3)cc2)c(O)c1. The standard InChI is InChI=1S/C32H31FN2O4/c1-34-28(18-19-29(36)23-8-12-24(33)13-9-23)31(27-17-16-26(39-2)20-30(27)37)35(32(34)38)25-14-10-22(11-15-25)21-6-4-3-5-7-21/h3-17,20,28-29,31,36-37H,18-19H2,1-2H3/t28-,29?,31-/m1/s1. The topological polar surface area (TPSA) is 73.2 Å². The van der Waals surface area contributed by atoms with E-state index in [9.17, 15) is 19.4 Å². The van der Waals surface area contributed by atoms with Crippen molar-refractivity contribution in [2.24, 2.45) is 0 Å². The number of anilines is 1. The number of aliphatic hydroxyl groups excluding tert-OH is 1. The third kappa shape index (κ3) is 5.31. The summed E-state index contributed by atoms with van der Waals surface area (Å²) in [6, 6.07) is 27.6. The van der Waals surface area contributed by atoms with Gasteiger partial charge in [0, 0.05) is 24.4 Å². The van der Waals surface area contributed by atoms with Crippen LogP contribution in [-0.4, -0.2) is 41.3 Å². The number of urea groups is 1. The molecule has 1 fully saturated rings. The maximum absolute atomic E-state index is 13.7. The van der Waals surface area contributed by atoms with E-state index in [1.165, 1.54) is 19.2 Å². The van der Waals surface area contributed by atoms with Gasteiger partial charge in [-0.05, 0) is 65.9 Å². The van der Waals surface area contributed by atoms with E-state index in [1.807, 2.05) is 54.6 Å². The summed E-state index contributed by atoms with van der Waals surface area (Å²) < 4.78 is 18.6. The number of halogens is 1. The zero-order chi connectivity index (χ0) is 27.5. The van der Waals surface area contributed by atoms with E-state index in [1.54, 1.807) is 47.2 Å². The second kappa shape index (κ2) is 11.2. The first-order valence-corrected chi connectivity index (χ1v) is 12.9. The number of rotatable bonds is 8. The molecule has 2 amide bonds. The summed E-state index contributed by atoms with van der Waals surface area (Å²) in [5.41, 5.74) is 4.00. The average molecular weight is 527 g/mol. The van der Waals surface area contributed by atoms with Crippen molar-refractivity contribution < 1.29 is 24.1 Å². The van der Waals surface area contributed by atoms with Crippen LogP contribution >= 0.6 is 0 Å². The van der Waals surface area contributed by atoms with Crippen molar-refractivity contribution in [3.8, 4) is 22.6 Å². The van der Waals surface area contributed by atoms with Crippen LogP contribution in [0.2, 0.25) is 0 Å². The van der Waals surface area contributed by atoms with Gasteiger partial charge in [0.15, 0.2) is 0 Å². The van der Waals surface area contributed by atoms with Gasteiger partial charge in [0.1, 0.15) is 17.3 Å². The molecule has 7 heteroatoms. The summed E-state index contributed by atoms with van der Waals surface area (Å²) >= 11 is 0. The fraction of sp³-hybridized carbons (Fsp3) is 0.219. The Hall–Kier alpha value is -4.36. The lowest BCUT2D eigenvalue weighted by Gasteiger charge is -2.29. The Bertz CT molecular complexity index is 1430. The smallest absolute Gasteiger partial charge is 0.325 e. The molecule has 0 spiro atoms. The summed E-state index contributed by atoms with van der Waals surface area (Å²) in [6.45, 7) is 0. The number of methoxy groups -OCH3 is 1. The highest BCUT2D eigenvalue weighted by Gasteiger charge is 2.46. The Morgan fingerprint density at radius 1 is 0.923 bits per heavy atom. The molecule has 1 heterocycles. The number of phenolic OH excluding ortho intramolecular Hbond substituents is 1. The van der Waals surface area contributed by atoms with Crippen LogP contribution in [0.3, 0.4) is 0 Å². The average Bonchev–Trinajstić information content (AvgIpc) is 3.21. The van der Waals surface area contributed by atoms with Gasteiger partial charge in [-0.25, -0.2) is 9.18 Å². The molecule has 0 saturated carbocycles. The fourth-order valence-corrected chi connectivity index (χ4v) is 5.31. The molecule has 1 aliphatic rings. The maximum atomic E-state index is 13.7. The Balaban J connectivity index is 1.48. The highest BCUT2D eigenvalue weighted by atomic mass is 19.1. The van der Waals surface area contributed by atoms with E-state index in [0.29, 0.717) is 35.4 Å². The van der Waals surface area contributed by atoms with Gasteiger partial charge >= 0.3 is 6.03 Å². The third-order valence-electron chi connectivity index (χ3n) is 7.45. The Morgan fingerprint density at radius 3 is 2.23 bits per heavy atom. The van der Waals surface area contributed by atoms with Gasteiger partial charge in [0.05, 0.1) is 25.3 Å². The molecule has 3 atom stereocenters. The summed E-state index contributed by atoms with van der Waals surface area (Å²) in [7, 11) is 3.27. The second-order valence-corrected chi connectivity index (χ2v) is 9.76. The molecule has 4 aromatic rings. The first-order valence-electron chi connectivity index (χ1n) is 12.9. The van der Waals surface area contributed by atoms with Crippen molar-refractivity contribution in [1.82, 2.24) is 4.90 Å². The summed E-state index contributed by atoms with van der Waals surface area (Å²) in [5, 5.41) is 21.8. The molecule has 5 rings (SSSR count). The highest BCUT2D eigenvalue weighted by Crippen LogP contribution is 2.44. The number of ether oxygens (including phenoxy) is 1. The lowest BCUT2D eigenvalue weighted by molar-refractivity contribution is 0.148. The molecule has 4 aromatic carbocycles. The quantitative estimate of drug-likeness (QED) is 0.268. The Kier molecular flexibility index (Phi) is 7.52. The third-order valence-corrected chi connectivity index (χ3v) is 7.45. The molecular formula is C32H31FN2O4. The Morgan fingerprint density at radius 2 is 1.59 bits per heavy atom. The van der Waals surface area contributed by atoms with Crippen LogP contribution < -0.4 is 9.64 Å². The van der Waals surface area contributed by atoms with Crippen LogP contribution in [0.1, 0.15) is 36.1 Å². The van der Waals surface area contributed by atoms with E-state index < -0.39 is 12.1 Å². The largest absolute Gasteiger partial charge is 0.507 e. The van der Waals surface area contributed by atoms with Gasteiger partial charge in [-0.1, -0.05) is 54.6 Å². The molecule has 39 heavy (non-hydrogen) atoms. The number of phenols is 1. The van der Waals surface area contributed by atoms with Crippen molar-refractivity contribution in [2.75, 3.05) is 19.1 Å². The lowest BCUT2D eigenvalue weighted by atomic mass is 9.92. The predicted octanol–water partition coefficient (Wildman–Crippen LogP) is 6.70. The number of hydrogen-bond donors (Lipinski definition) is 2. The van der Waals surface area contributed by atoms with Gasteiger partial charge in [0.2, 0.25) is 0 Å². The van der Waals surface area contributed by atoms with E-state index in [-0.39, 0.29) is 23.6 Å². The molecule has 0 aromatic heterocycles. The van der Waals surface area contributed by atoms with Crippen LogP contribution in [0.5, 0.6) is 11.5 Å². The van der Waals surface area contributed by atoms with Gasteiger partial charge < -0.3 is 19.8 Å². The molecule has 200 valence electrons. The van der Waals surface area contributed by atoms with Crippen molar-refractivity contribution in [3.63, 3.8) is 0 Å². The second-order valence-electron chi connectivity index (χ2n) is 9.76. The van der Waals surface area contributed by atoms with Crippen molar-refractivity contribution in [3.05, 3.63) is 114 Å². The first kappa shape index (κ1) is 26.3. The molecule has 2 N–H and O–H groups in total. The van der Waals surface area contributed by atoms with Gasteiger partial charge in [0.25, 0.3) is 0 Å². The number of likely N-dealkylation sites (N-methyl/N-ethyl adjacent to an activating group) is 1. The fourth-order valence-electron chi connectivity index (χ4n) is 5.31. The number of aromatic hydroxyl groups is 1. The van der Waals surface area contributed by atoms with Crippen LogP contribution in [0.25, 0.3) is 11.1 Å². The number of benzene rings is 4. The van der Waals surface area contributed by atoms with E-state index in [0.717, 1.165) is 11.1 Å². The molecular weight excluding hydrogens is 495 g/mol. The molecule has 1 aliphatic heterocycles. The molecule has 1 saturated heterocycles. The minimum absolute atomic E-state index is 0.0254. The van der Waals surface area contributed by atoms with Crippen LogP contribution in [-0.2, 0) is 0 Å². The summed E-state index contributed by atoms with van der Waals surface area (Å²) in [6.07, 6.45) is -0.0177. The number of hydrogen-bond acceptors (Lipinski definition) is 4. The number of nitrogens with zero attached hydrogens (tertiary/aromatic N) is 2. The van der Waals surface area contributed by atoms with E-state index in [4.69, 9.17) is 4.74 Å². The van der Waals surface area contributed by atoms with Crippen molar-refractivity contribution >= 4 is 11.7 Å². The van der Waals surface area contributed by atoms with E-state index >= 15 is 0 Å². The minimum atomic E-state index is -0.821. The maximum Gasteiger partial charge on any atom is 0.325 e. The normalized spacial score (nSPS) is 17.9. The van der Waals surface area contributed by atoms with Gasteiger partial charge in [-0.3, -0.25) is 4.90 Å². The predicted molar refractivity (Wildman–Crippen MR) is 149 cm³/mol. The molecule has 0 bridgehead atoms. The molecule has 0 aliphatic carbocycles. The zero-order valence-corrected chi connectivity index (χ0v) is 21.9. The van der Waals surface area contributed by atoms with Crippen LogP contribution in [0.4, 0.5) is 14.9 Å². The minimum Gasteiger partial charge on any atom is -0.507 e. The van der Waals surface area contributed by atoms with Crippen molar-refractivity contribution in [1.29, 1.82) is 0 Å². The van der Waals surface area contributed by atoms with Gasteiger partial charge in [-0.15, -0.1) is 0 Å². The van der Waals surface area contributed by atoms with Crippen LogP contribution in [0.15, 0.2) is 97.1 Å². The monoisotopic (exact) mass is 526 g/mol. The van der Waals surface area contributed by atoms with Crippen LogP contribution in [0, 0.1) is 5.82 Å². The molecule has 1 unspecified atom stereocenters. The lowest BCUT2D eigenvalue weighted by Crippen LogP contribution is -2.31. The Labute approximate surface area is 227 Å². The molecule has 0 radical (unpaired) electrons.